The van der Waals surface area contributed by atoms with Crippen molar-refractivity contribution in [3.8, 4) is 17.0 Å². The SMILES string of the molecule is COc1cc(F)cc([C@@H](CO)NC(O)[C@@H](C)n2cnn3cc(-c4nc(N[C@@H]5CCOCC5(C)C)ncc4Cl)cc3c2=O)c1. The van der Waals surface area contributed by atoms with Gasteiger partial charge in [0.05, 0.1) is 49.3 Å². The van der Waals surface area contributed by atoms with Crippen LogP contribution in [-0.4, -0.2) is 73.6 Å². The van der Waals surface area contributed by atoms with Gasteiger partial charge in [-0.1, -0.05) is 25.4 Å². The molecule has 4 heterocycles. The summed E-state index contributed by atoms with van der Waals surface area (Å²) in [5.74, 6) is 0.134. The molecule has 14 heteroatoms. The summed E-state index contributed by atoms with van der Waals surface area (Å²) >= 11 is 6.48. The molecule has 43 heavy (non-hydrogen) atoms. The second kappa shape index (κ2) is 12.5. The number of aliphatic hydroxyl groups excluding tert-OH is 2. The minimum absolute atomic E-state index is 0.104. The number of nitrogens with one attached hydrogen (secondary N) is 2. The number of hydrogen-bond acceptors (Lipinski definition) is 10. The number of nitrogens with zero attached hydrogens (tertiary/aromatic N) is 5. The summed E-state index contributed by atoms with van der Waals surface area (Å²) in [6, 6.07) is 4.09. The van der Waals surface area contributed by atoms with Crippen LogP contribution in [0.25, 0.3) is 16.8 Å². The zero-order chi connectivity index (χ0) is 30.9. The average molecular weight is 616 g/mol. The molecular formula is C29H35ClFN7O5. The lowest BCUT2D eigenvalue weighted by atomic mass is 9.82. The second-order valence-corrected chi connectivity index (χ2v) is 11.7. The molecule has 0 spiro atoms. The zero-order valence-corrected chi connectivity index (χ0v) is 25.0. The van der Waals surface area contributed by atoms with Crippen LogP contribution in [-0.2, 0) is 4.74 Å². The maximum Gasteiger partial charge on any atom is 0.278 e. The Morgan fingerprint density at radius 1 is 1.30 bits per heavy atom. The monoisotopic (exact) mass is 615 g/mol. The van der Waals surface area contributed by atoms with E-state index in [0.717, 1.165) is 6.42 Å². The molecule has 4 atom stereocenters. The maximum absolute atomic E-state index is 14.0. The number of aliphatic hydroxyl groups is 2. The molecule has 12 nitrogen and oxygen atoms in total. The predicted octanol–water partition coefficient (Wildman–Crippen LogP) is 3.18. The van der Waals surface area contributed by atoms with Crippen molar-refractivity contribution in [3.05, 3.63) is 69.7 Å². The van der Waals surface area contributed by atoms with Gasteiger partial charge in [-0.3, -0.25) is 14.7 Å². The number of hydrogen-bond donors (Lipinski definition) is 4. The first-order chi connectivity index (χ1) is 20.5. The number of ether oxygens (including phenoxy) is 2. The van der Waals surface area contributed by atoms with Crippen LogP contribution < -0.4 is 20.9 Å². The number of aromatic nitrogens is 5. The lowest BCUT2D eigenvalue weighted by Gasteiger charge is -2.38. The minimum Gasteiger partial charge on any atom is -0.497 e. The Bertz CT molecular complexity index is 1660. The molecule has 1 aliphatic heterocycles. The van der Waals surface area contributed by atoms with Gasteiger partial charge in [-0.05, 0) is 37.1 Å². The molecule has 230 valence electrons. The molecule has 1 aliphatic rings. The highest BCUT2D eigenvalue weighted by molar-refractivity contribution is 6.32. The van der Waals surface area contributed by atoms with E-state index < -0.39 is 36.3 Å². The average Bonchev–Trinajstić information content (AvgIpc) is 3.42. The Hall–Kier alpha value is -3.62. The molecule has 1 saturated heterocycles. The van der Waals surface area contributed by atoms with Crippen LogP contribution in [0.5, 0.6) is 5.75 Å². The Labute approximate surface area is 252 Å². The third-order valence-corrected chi connectivity index (χ3v) is 8.10. The van der Waals surface area contributed by atoms with Gasteiger partial charge in [0.25, 0.3) is 5.56 Å². The van der Waals surface area contributed by atoms with E-state index in [9.17, 15) is 19.4 Å². The predicted molar refractivity (Wildman–Crippen MR) is 159 cm³/mol. The van der Waals surface area contributed by atoms with Gasteiger partial charge in [0.1, 0.15) is 29.6 Å². The van der Waals surface area contributed by atoms with Gasteiger partial charge in [0.2, 0.25) is 5.95 Å². The topological polar surface area (TPSA) is 148 Å². The highest BCUT2D eigenvalue weighted by Crippen LogP contribution is 2.32. The largest absolute Gasteiger partial charge is 0.497 e. The van der Waals surface area contributed by atoms with Gasteiger partial charge in [-0.15, -0.1) is 0 Å². The van der Waals surface area contributed by atoms with Crippen LogP contribution in [0.1, 0.15) is 44.8 Å². The van der Waals surface area contributed by atoms with Gasteiger partial charge in [0.15, 0.2) is 0 Å². The Morgan fingerprint density at radius 2 is 2.09 bits per heavy atom. The Kier molecular flexibility index (Phi) is 8.99. The summed E-state index contributed by atoms with van der Waals surface area (Å²) in [5, 5.41) is 31.8. The summed E-state index contributed by atoms with van der Waals surface area (Å²) in [5.41, 5.74) is 1.08. The van der Waals surface area contributed by atoms with Crippen molar-refractivity contribution in [2.24, 2.45) is 5.41 Å². The molecule has 0 saturated carbocycles. The van der Waals surface area contributed by atoms with Gasteiger partial charge < -0.3 is 25.0 Å². The molecule has 1 fully saturated rings. The van der Waals surface area contributed by atoms with Crippen LogP contribution in [0.3, 0.4) is 0 Å². The number of rotatable bonds is 10. The first-order valence-electron chi connectivity index (χ1n) is 13.9. The van der Waals surface area contributed by atoms with E-state index >= 15 is 0 Å². The molecule has 0 radical (unpaired) electrons. The van der Waals surface area contributed by atoms with E-state index in [1.165, 1.54) is 40.8 Å². The smallest absolute Gasteiger partial charge is 0.278 e. The minimum atomic E-state index is -1.30. The van der Waals surface area contributed by atoms with Crippen molar-refractivity contribution >= 4 is 23.1 Å². The third kappa shape index (κ3) is 6.50. The van der Waals surface area contributed by atoms with E-state index in [1.54, 1.807) is 25.3 Å². The molecule has 3 aromatic heterocycles. The normalized spacial score (nSPS) is 18.7. The quantitative estimate of drug-likeness (QED) is 0.196. The molecule has 0 amide bonds. The van der Waals surface area contributed by atoms with Crippen molar-refractivity contribution in [1.29, 1.82) is 0 Å². The number of anilines is 1. The second-order valence-electron chi connectivity index (χ2n) is 11.3. The molecule has 1 unspecified atom stereocenters. The van der Waals surface area contributed by atoms with Crippen LogP contribution >= 0.6 is 11.6 Å². The molecule has 0 bridgehead atoms. The van der Waals surface area contributed by atoms with Gasteiger partial charge in [-0.2, -0.15) is 5.10 Å². The first kappa shape index (κ1) is 30.8. The Balaban J connectivity index is 1.39. The molecule has 4 aromatic rings. The zero-order valence-electron chi connectivity index (χ0n) is 24.3. The summed E-state index contributed by atoms with van der Waals surface area (Å²) < 4.78 is 27.5. The molecular weight excluding hydrogens is 581 g/mol. The van der Waals surface area contributed by atoms with E-state index in [4.69, 9.17) is 21.1 Å². The summed E-state index contributed by atoms with van der Waals surface area (Å²) in [6.07, 6.45) is 3.98. The lowest BCUT2D eigenvalue weighted by molar-refractivity contribution is 0.00328. The standard InChI is InChI=1S/C29H35ClFN7O5/c1-16(26(40)34-22(13-39)17-7-19(31)10-20(8-17)42-4)37-15-33-38-12-18(9-23(38)27(37)41)25-21(30)11-32-28(36-25)35-24-5-6-43-14-29(24,2)3/h7-12,15-16,22,24,26,34,39-40H,5-6,13-14H2,1-4H3,(H,32,35,36)/t16-,22-,24-,26?/m1/s1. The van der Waals surface area contributed by atoms with Crippen molar-refractivity contribution in [2.75, 3.05) is 32.2 Å². The molecule has 1 aromatic carbocycles. The maximum atomic E-state index is 14.0. The first-order valence-corrected chi connectivity index (χ1v) is 14.2. The summed E-state index contributed by atoms with van der Waals surface area (Å²) in [6.45, 7) is 6.69. The highest BCUT2D eigenvalue weighted by Gasteiger charge is 2.33. The highest BCUT2D eigenvalue weighted by atomic mass is 35.5. The van der Waals surface area contributed by atoms with E-state index in [0.29, 0.717) is 41.0 Å². The van der Waals surface area contributed by atoms with Crippen molar-refractivity contribution < 1.29 is 24.1 Å². The van der Waals surface area contributed by atoms with E-state index in [2.05, 4.69) is 39.5 Å². The third-order valence-electron chi connectivity index (χ3n) is 7.83. The van der Waals surface area contributed by atoms with Crippen molar-refractivity contribution in [3.63, 3.8) is 0 Å². The lowest BCUT2D eigenvalue weighted by Crippen LogP contribution is -2.44. The van der Waals surface area contributed by atoms with Crippen LogP contribution in [0.2, 0.25) is 5.02 Å². The fraction of sp³-hybridized carbons (Fsp3) is 0.448. The fourth-order valence-electron chi connectivity index (χ4n) is 5.17. The number of benzene rings is 1. The van der Waals surface area contributed by atoms with Gasteiger partial charge in [-0.25, -0.2) is 18.9 Å². The molecule has 4 N–H and O–H groups in total. The van der Waals surface area contributed by atoms with E-state index in [1.807, 2.05) is 0 Å². The van der Waals surface area contributed by atoms with Crippen molar-refractivity contribution in [2.45, 2.75) is 51.5 Å². The fourth-order valence-corrected chi connectivity index (χ4v) is 5.37. The van der Waals surface area contributed by atoms with Gasteiger partial charge >= 0.3 is 0 Å². The van der Waals surface area contributed by atoms with Crippen LogP contribution in [0.15, 0.2) is 47.8 Å². The number of fused-ring (bicyclic) bond motifs is 1. The van der Waals surface area contributed by atoms with Crippen molar-refractivity contribution in [1.82, 2.24) is 29.5 Å². The summed E-state index contributed by atoms with van der Waals surface area (Å²) in [7, 11) is 1.40. The number of methoxy groups -OCH3 is 1. The van der Waals surface area contributed by atoms with Crippen LogP contribution in [0, 0.1) is 11.2 Å². The number of halogens is 2. The Morgan fingerprint density at radius 3 is 2.81 bits per heavy atom. The van der Waals surface area contributed by atoms with Crippen LogP contribution in [0.4, 0.5) is 10.3 Å². The van der Waals surface area contributed by atoms with Gasteiger partial charge in [0, 0.05) is 35.9 Å². The molecule has 5 rings (SSSR count). The molecule has 0 aliphatic carbocycles. The van der Waals surface area contributed by atoms with E-state index in [-0.39, 0.29) is 22.7 Å². The summed E-state index contributed by atoms with van der Waals surface area (Å²) in [4.78, 5) is 22.5.